The molecule has 2 rings (SSSR count). The largest absolute Gasteiger partial charge is 0.183 e. The second-order valence-electron chi connectivity index (χ2n) is 5.15. The van der Waals surface area contributed by atoms with Crippen LogP contribution in [0.3, 0.4) is 0 Å². The van der Waals surface area contributed by atoms with Gasteiger partial charge in [0.2, 0.25) is 0 Å². The van der Waals surface area contributed by atoms with Crippen molar-refractivity contribution in [2.75, 3.05) is 0 Å². The Morgan fingerprint density at radius 3 is 1.95 bits per heavy atom. The van der Waals surface area contributed by atoms with Crippen LogP contribution in [0.5, 0.6) is 0 Å². The van der Waals surface area contributed by atoms with Crippen LogP contribution in [0.1, 0.15) is 26.2 Å². The molecule has 2 aromatic rings. The zero-order valence-corrected chi connectivity index (χ0v) is 15.2. The molecule has 2 heteroatoms. The monoisotopic (exact) mass is 356 g/mol. The minimum Gasteiger partial charge on any atom is -0.123 e. The van der Waals surface area contributed by atoms with E-state index >= 15 is 0 Å². The Hall–Kier alpha value is -1.30. The van der Waals surface area contributed by atoms with Gasteiger partial charge in [-0.15, -0.1) is 5.54 Å². The summed E-state index contributed by atoms with van der Waals surface area (Å²) in [4.78, 5) is 0.319. The summed E-state index contributed by atoms with van der Waals surface area (Å²) in [6.07, 6.45) is 3.59. The zero-order chi connectivity index (χ0) is 14.9. The lowest BCUT2D eigenvalue weighted by atomic mass is 10.2. The number of hydrogen-bond donors (Lipinski definition) is 0. The van der Waals surface area contributed by atoms with E-state index in [4.69, 9.17) is 0 Å². The first-order valence-electron chi connectivity index (χ1n) is 7.56. The number of unbranched alkanes of at least 4 members (excludes halogenated alkanes) is 1. The molecule has 0 fully saturated rings. The third-order valence-corrected chi connectivity index (χ3v) is 6.71. The molecule has 1 unspecified atom stereocenters. The molecule has 0 saturated carbocycles. The van der Waals surface area contributed by atoms with Gasteiger partial charge in [-0.1, -0.05) is 102 Å². The van der Waals surface area contributed by atoms with Crippen molar-refractivity contribution in [3.8, 4) is 11.5 Å². The number of halogens is 1. The van der Waals surface area contributed by atoms with Crippen LogP contribution in [0.4, 0.5) is 0 Å². The third kappa shape index (κ3) is 5.19. The van der Waals surface area contributed by atoms with Crippen LogP contribution in [0.2, 0.25) is 0 Å². The maximum Gasteiger partial charge on any atom is 0.183 e. The van der Waals surface area contributed by atoms with E-state index in [0.29, 0.717) is 4.83 Å². The van der Waals surface area contributed by atoms with Crippen LogP contribution in [-0.4, -0.2) is 13.6 Å². The molecule has 0 bridgehead atoms. The van der Waals surface area contributed by atoms with Gasteiger partial charge in [-0.05, 0) is 16.8 Å². The maximum atomic E-state index is 3.70. The first kappa shape index (κ1) is 16.1. The summed E-state index contributed by atoms with van der Waals surface area (Å²) < 4.78 is 0. The van der Waals surface area contributed by atoms with E-state index in [0.717, 1.165) is 6.42 Å². The van der Waals surface area contributed by atoms with Crippen LogP contribution >= 0.6 is 15.9 Å². The predicted octanol–water partition coefficient (Wildman–Crippen LogP) is 3.52. The number of hydrogen-bond acceptors (Lipinski definition) is 0. The molecule has 2 aromatic carbocycles. The van der Waals surface area contributed by atoms with E-state index in [9.17, 15) is 0 Å². The molecular formula is C19H21BrSi. The Balaban J connectivity index is 2.24. The van der Waals surface area contributed by atoms with Crippen LogP contribution in [0, 0.1) is 11.5 Å². The van der Waals surface area contributed by atoms with E-state index in [1.165, 1.54) is 23.2 Å². The minimum absolute atomic E-state index is 0.319. The molecule has 0 spiro atoms. The molecule has 0 aliphatic carbocycles. The fourth-order valence-corrected chi connectivity index (χ4v) is 5.28. The number of benzene rings is 2. The van der Waals surface area contributed by atoms with Crippen molar-refractivity contribution in [1.82, 2.24) is 0 Å². The first-order chi connectivity index (χ1) is 10.3. The zero-order valence-electron chi connectivity index (χ0n) is 12.4. The Bertz CT molecular complexity index is 544. The quantitative estimate of drug-likeness (QED) is 0.436. The molecule has 0 aliphatic rings. The fourth-order valence-electron chi connectivity index (χ4n) is 2.28. The highest BCUT2D eigenvalue weighted by Crippen LogP contribution is 2.08. The van der Waals surface area contributed by atoms with Gasteiger partial charge in [0.15, 0.2) is 8.80 Å². The molecule has 1 atom stereocenters. The smallest absolute Gasteiger partial charge is 0.123 e. The van der Waals surface area contributed by atoms with Crippen molar-refractivity contribution in [3.05, 3.63) is 60.7 Å². The number of rotatable bonds is 5. The lowest BCUT2D eigenvalue weighted by Crippen LogP contribution is -2.41. The molecule has 0 amide bonds. The summed E-state index contributed by atoms with van der Waals surface area (Å²) in [6, 6.07) is 21.5. The normalized spacial score (nSPS) is 11.8. The van der Waals surface area contributed by atoms with Crippen LogP contribution in [0.15, 0.2) is 60.7 Å². The molecule has 0 nitrogen and oxygen atoms in total. The van der Waals surface area contributed by atoms with Crippen molar-refractivity contribution in [3.63, 3.8) is 0 Å². The summed E-state index contributed by atoms with van der Waals surface area (Å²) in [5.74, 6) is 3.44. The van der Waals surface area contributed by atoms with Gasteiger partial charge in [0, 0.05) is 0 Å². The van der Waals surface area contributed by atoms with Crippen LogP contribution in [-0.2, 0) is 0 Å². The predicted molar refractivity (Wildman–Crippen MR) is 99.3 cm³/mol. The van der Waals surface area contributed by atoms with Crippen molar-refractivity contribution in [2.24, 2.45) is 0 Å². The lowest BCUT2D eigenvalue weighted by Gasteiger charge is -2.10. The highest BCUT2D eigenvalue weighted by molar-refractivity contribution is 9.09. The van der Waals surface area contributed by atoms with Crippen LogP contribution in [0.25, 0.3) is 0 Å². The van der Waals surface area contributed by atoms with Crippen molar-refractivity contribution < 1.29 is 0 Å². The summed E-state index contributed by atoms with van der Waals surface area (Å²) in [7, 11) is -1.43. The van der Waals surface area contributed by atoms with Gasteiger partial charge in [0.1, 0.15) is 0 Å². The lowest BCUT2D eigenvalue weighted by molar-refractivity contribution is 0.750. The summed E-state index contributed by atoms with van der Waals surface area (Å²) in [5.41, 5.74) is 3.60. The average molecular weight is 357 g/mol. The van der Waals surface area contributed by atoms with Gasteiger partial charge in [0.25, 0.3) is 0 Å². The molecule has 0 saturated heterocycles. The minimum atomic E-state index is -1.43. The van der Waals surface area contributed by atoms with Crippen molar-refractivity contribution >= 4 is 35.1 Å². The Morgan fingerprint density at radius 1 is 0.952 bits per heavy atom. The molecule has 0 aromatic heterocycles. The van der Waals surface area contributed by atoms with Gasteiger partial charge in [-0.25, -0.2) is 0 Å². The standard InChI is InChI=1S/C19H21BrSi/c1-2-3-10-17(20)15-16-21(18-11-6-4-7-12-18)19-13-8-5-9-14-19/h4-9,11-14,17,21H,2-3,10H2,1H3. The van der Waals surface area contributed by atoms with Crippen molar-refractivity contribution in [2.45, 2.75) is 31.0 Å². The molecule has 108 valence electrons. The molecule has 0 radical (unpaired) electrons. The SMILES string of the molecule is CCCCC(Br)C#C[SiH](c1ccccc1)c1ccccc1. The van der Waals surface area contributed by atoms with E-state index in [2.05, 4.69) is 95.0 Å². The summed E-state index contributed by atoms with van der Waals surface area (Å²) >= 11 is 3.70. The molecular weight excluding hydrogens is 336 g/mol. The van der Waals surface area contributed by atoms with Gasteiger partial charge in [-0.3, -0.25) is 0 Å². The Morgan fingerprint density at radius 2 is 1.48 bits per heavy atom. The Labute approximate surface area is 138 Å². The maximum absolute atomic E-state index is 3.70. The third-order valence-electron chi connectivity index (χ3n) is 3.46. The first-order valence-corrected chi connectivity index (χ1v) is 10.2. The second-order valence-corrected chi connectivity index (χ2v) is 8.75. The van der Waals surface area contributed by atoms with Crippen LogP contribution < -0.4 is 10.4 Å². The van der Waals surface area contributed by atoms with E-state index in [1.54, 1.807) is 0 Å². The van der Waals surface area contributed by atoms with E-state index in [-0.39, 0.29) is 0 Å². The average Bonchev–Trinajstić information content (AvgIpc) is 2.55. The molecule has 21 heavy (non-hydrogen) atoms. The van der Waals surface area contributed by atoms with Gasteiger partial charge in [0.05, 0.1) is 4.83 Å². The molecule has 0 aliphatic heterocycles. The number of alkyl halides is 1. The van der Waals surface area contributed by atoms with Gasteiger partial charge in [-0.2, -0.15) is 0 Å². The topological polar surface area (TPSA) is 0 Å². The van der Waals surface area contributed by atoms with E-state index < -0.39 is 8.80 Å². The highest BCUT2D eigenvalue weighted by atomic mass is 79.9. The summed E-state index contributed by atoms with van der Waals surface area (Å²) in [5, 5.41) is 2.79. The Kier molecular flexibility index (Phi) is 6.79. The van der Waals surface area contributed by atoms with Gasteiger partial charge >= 0.3 is 0 Å². The molecule has 0 heterocycles. The summed E-state index contributed by atoms with van der Waals surface area (Å²) in [6.45, 7) is 2.22. The fraction of sp³-hybridized carbons (Fsp3) is 0.263. The van der Waals surface area contributed by atoms with Gasteiger partial charge < -0.3 is 0 Å². The molecule has 0 N–H and O–H groups in total. The van der Waals surface area contributed by atoms with Crippen molar-refractivity contribution in [1.29, 1.82) is 0 Å². The second kappa shape index (κ2) is 8.87. The van der Waals surface area contributed by atoms with E-state index in [1.807, 2.05) is 0 Å². The highest BCUT2D eigenvalue weighted by Gasteiger charge is 2.13.